The van der Waals surface area contributed by atoms with Crippen molar-refractivity contribution in [2.45, 2.75) is 285 Å². The largest absolute Gasteiger partial charge is 0.394 e. The second-order valence-corrected chi connectivity index (χ2v) is 22.1. The molecule has 19 nitrogen and oxygen atoms in total. The molecule has 19 heteroatoms. The van der Waals surface area contributed by atoms with Gasteiger partial charge in [0.2, 0.25) is 5.91 Å². The maximum Gasteiger partial charge on any atom is 0.220 e. The zero-order valence-corrected chi connectivity index (χ0v) is 49.9. The monoisotopic (exact) mass is 1180 g/mol. The molecule has 0 bridgehead atoms. The number of allylic oxidation sites excluding steroid dienone is 13. The van der Waals surface area contributed by atoms with E-state index in [1.165, 1.54) is 57.8 Å². The maximum atomic E-state index is 13.3. The van der Waals surface area contributed by atoms with Gasteiger partial charge in [-0.15, -0.1) is 0 Å². The van der Waals surface area contributed by atoms with E-state index in [0.717, 1.165) is 89.9 Å². The van der Waals surface area contributed by atoms with Gasteiger partial charge in [-0.2, -0.15) is 0 Å². The summed E-state index contributed by atoms with van der Waals surface area (Å²) < 4.78 is 34.2. The summed E-state index contributed by atoms with van der Waals surface area (Å²) in [6.45, 7) is 1.55. The second-order valence-electron chi connectivity index (χ2n) is 22.1. The van der Waals surface area contributed by atoms with Crippen LogP contribution in [0.3, 0.4) is 0 Å². The van der Waals surface area contributed by atoms with Gasteiger partial charge in [-0.25, -0.2) is 0 Å². The summed E-state index contributed by atoms with van der Waals surface area (Å²) in [5.41, 5.74) is 0. The van der Waals surface area contributed by atoms with E-state index >= 15 is 0 Å². The van der Waals surface area contributed by atoms with Crippen LogP contribution in [-0.4, -0.2) is 193 Å². The molecule has 17 atom stereocenters. The Kier molecular flexibility index (Phi) is 41.3. The molecular formula is C64H109NO18. The smallest absolute Gasteiger partial charge is 0.220 e. The van der Waals surface area contributed by atoms with Gasteiger partial charge >= 0.3 is 0 Å². The van der Waals surface area contributed by atoms with Crippen molar-refractivity contribution < 1.29 is 89.4 Å². The average molecular weight is 1180 g/mol. The van der Waals surface area contributed by atoms with E-state index in [4.69, 9.17) is 28.4 Å². The number of aliphatic hydroxyl groups excluding tert-OH is 11. The summed E-state index contributed by atoms with van der Waals surface area (Å²) in [6.07, 6.45) is 29.8. The fraction of sp³-hybridized carbons (Fsp3) is 0.766. The lowest BCUT2D eigenvalue weighted by molar-refractivity contribution is -0.379. The standard InChI is InChI=1S/C64H109NO18/c1-3-5-7-9-11-13-15-17-19-21-23-25-27-29-31-33-35-37-39-41-48(69)47(65-52(70)42-40-38-36-34-32-30-28-26-24-22-20-18-16-14-12-10-8-6-4-2)46-78-62-58(76)55(73)60(50(44-67)80-62)83-64-59(77)56(74)61(51(45-68)81-64)82-63-57(75)54(72)53(71)49(43-66)79-63/h6,8,12,14,18,20,23-26,31,33,39,41,47-51,53-64,66-69,71-77H,3-5,7,9-11,13,15-17,19,21-22,27-30,32,34-38,40,42-46H2,1-2H3,(H,65,70)/b8-6-,14-12-,20-18-,25-23+,26-24-,33-31+,41-39+. The number of unbranched alkanes of at least 4 members (excludes halogenated alkanes) is 17. The van der Waals surface area contributed by atoms with Crippen LogP contribution in [0.4, 0.5) is 0 Å². The lowest BCUT2D eigenvalue weighted by Gasteiger charge is -2.48. The van der Waals surface area contributed by atoms with Gasteiger partial charge in [0.1, 0.15) is 73.2 Å². The predicted octanol–water partition coefficient (Wildman–Crippen LogP) is 6.37. The van der Waals surface area contributed by atoms with Crippen LogP contribution in [0.5, 0.6) is 0 Å². The first-order chi connectivity index (χ1) is 40.3. The predicted molar refractivity (Wildman–Crippen MR) is 318 cm³/mol. The lowest BCUT2D eigenvalue weighted by atomic mass is 9.96. The molecule has 0 aromatic carbocycles. The third kappa shape index (κ3) is 29.5. The second kappa shape index (κ2) is 46.2. The van der Waals surface area contributed by atoms with Gasteiger partial charge < -0.3 is 89.9 Å². The van der Waals surface area contributed by atoms with E-state index in [1.807, 2.05) is 6.08 Å². The first-order valence-electron chi connectivity index (χ1n) is 31.3. The Morgan fingerprint density at radius 3 is 1.35 bits per heavy atom. The van der Waals surface area contributed by atoms with Crippen molar-refractivity contribution in [1.29, 1.82) is 0 Å². The van der Waals surface area contributed by atoms with Crippen LogP contribution in [0.15, 0.2) is 85.1 Å². The minimum atomic E-state index is -1.99. The Morgan fingerprint density at radius 1 is 0.446 bits per heavy atom. The highest BCUT2D eigenvalue weighted by molar-refractivity contribution is 5.76. The zero-order chi connectivity index (χ0) is 60.5. The maximum absolute atomic E-state index is 13.3. The fourth-order valence-electron chi connectivity index (χ4n) is 10.0. The van der Waals surface area contributed by atoms with Gasteiger partial charge in [-0.1, -0.05) is 176 Å². The number of hydrogen-bond donors (Lipinski definition) is 12. The molecule has 12 N–H and O–H groups in total. The Labute approximate surface area is 495 Å². The number of carbonyl (C=O) groups is 1. The topological polar surface area (TPSA) is 307 Å². The van der Waals surface area contributed by atoms with Crippen molar-refractivity contribution >= 4 is 5.91 Å². The summed E-state index contributed by atoms with van der Waals surface area (Å²) in [7, 11) is 0. The van der Waals surface area contributed by atoms with E-state index in [-0.39, 0.29) is 18.9 Å². The summed E-state index contributed by atoms with van der Waals surface area (Å²) in [4.78, 5) is 13.3. The number of nitrogens with one attached hydrogen (secondary N) is 1. The molecule has 0 aromatic rings. The van der Waals surface area contributed by atoms with Crippen LogP contribution >= 0.6 is 0 Å². The third-order valence-electron chi connectivity index (χ3n) is 15.2. The van der Waals surface area contributed by atoms with Crippen molar-refractivity contribution in [3.05, 3.63) is 85.1 Å². The van der Waals surface area contributed by atoms with E-state index in [0.29, 0.717) is 12.8 Å². The van der Waals surface area contributed by atoms with Crippen LogP contribution in [0, 0.1) is 0 Å². The molecule has 0 radical (unpaired) electrons. The first-order valence-corrected chi connectivity index (χ1v) is 31.3. The van der Waals surface area contributed by atoms with Gasteiger partial charge in [-0.05, 0) is 83.5 Å². The van der Waals surface area contributed by atoms with Crippen molar-refractivity contribution in [2.24, 2.45) is 0 Å². The molecule has 83 heavy (non-hydrogen) atoms. The van der Waals surface area contributed by atoms with Gasteiger partial charge in [0.15, 0.2) is 18.9 Å². The highest BCUT2D eigenvalue weighted by Crippen LogP contribution is 2.33. The summed E-state index contributed by atoms with van der Waals surface area (Å²) in [5, 5.41) is 120. The number of carbonyl (C=O) groups excluding carboxylic acids is 1. The zero-order valence-electron chi connectivity index (χ0n) is 49.9. The van der Waals surface area contributed by atoms with Crippen molar-refractivity contribution in [2.75, 3.05) is 26.4 Å². The number of aliphatic hydroxyl groups is 11. The molecule has 1 amide bonds. The van der Waals surface area contributed by atoms with Crippen LogP contribution in [0.2, 0.25) is 0 Å². The highest BCUT2D eigenvalue weighted by Gasteiger charge is 2.53. The summed E-state index contributed by atoms with van der Waals surface area (Å²) in [6, 6.07) is -1.01. The molecule has 0 saturated carbocycles. The normalized spacial score (nSPS) is 30.0. The Balaban J connectivity index is 1.52. The molecule has 3 saturated heterocycles. The quantitative estimate of drug-likeness (QED) is 0.0233. The molecule has 3 heterocycles. The van der Waals surface area contributed by atoms with Crippen LogP contribution in [0.25, 0.3) is 0 Å². The Morgan fingerprint density at radius 2 is 0.843 bits per heavy atom. The molecule has 0 aromatic heterocycles. The number of rotatable bonds is 45. The summed E-state index contributed by atoms with van der Waals surface area (Å²) >= 11 is 0. The molecule has 478 valence electrons. The van der Waals surface area contributed by atoms with Crippen LogP contribution in [0.1, 0.15) is 181 Å². The number of amides is 1. The fourth-order valence-corrected chi connectivity index (χ4v) is 10.0. The van der Waals surface area contributed by atoms with E-state index in [2.05, 4.69) is 92.1 Å². The molecule has 3 fully saturated rings. The minimum Gasteiger partial charge on any atom is -0.394 e. The molecule has 0 aliphatic carbocycles. The highest BCUT2D eigenvalue weighted by atomic mass is 16.8. The van der Waals surface area contributed by atoms with Gasteiger partial charge in [0.05, 0.1) is 38.6 Å². The van der Waals surface area contributed by atoms with E-state index < -0.39 is 124 Å². The Bertz CT molecular complexity index is 1840. The van der Waals surface area contributed by atoms with Gasteiger partial charge in [-0.3, -0.25) is 4.79 Å². The van der Waals surface area contributed by atoms with Crippen LogP contribution in [-0.2, 0) is 33.2 Å². The molecule has 3 aliphatic heterocycles. The van der Waals surface area contributed by atoms with Crippen molar-refractivity contribution in [1.82, 2.24) is 5.32 Å². The van der Waals surface area contributed by atoms with Crippen molar-refractivity contribution in [3.8, 4) is 0 Å². The van der Waals surface area contributed by atoms with Gasteiger partial charge in [0.25, 0.3) is 0 Å². The molecule has 3 rings (SSSR count). The first kappa shape index (κ1) is 74.2. The minimum absolute atomic E-state index is 0.211. The SMILES string of the molecule is CC/C=C\C/C=C\C/C=C\C/C=C\CCCCCCCCC(=O)NC(COC1OC(CO)C(OC2OC(CO)C(OC3OC(CO)C(O)C(O)C3O)C(O)C2O)C(O)C1O)C(O)/C=C/CC/C=C/CC/C=C/CCCCCCCCCCC. The average Bonchev–Trinajstić information content (AvgIpc) is 3.43. The Hall–Kier alpha value is -3.03. The number of hydrogen-bond acceptors (Lipinski definition) is 18. The van der Waals surface area contributed by atoms with E-state index in [9.17, 15) is 61.0 Å². The van der Waals surface area contributed by atoms with Gasteiger partial charge in [0, 0.05) is 6.42 Å². The molecule has 17 unspecified atom stereocenters. The molecular weight excluding hydrogens is 1070 g/mol. The molecule has 3 aliphatic rings. The third-order valence-corrected chi connectivity index (χ3v) is 15.2. The summed E-state index contributed by atoms with van der Waals surface area (Å²) in [5.74, 6) is -0.308. The van der Waals surface area contributed by atoms with Crippen LogP contribution < -0.4 is 5.32 Å². The number of ether oxygens (including phenoxy) is 6. The van der Waals surface area contributed by atoms with E-state index in [1.54, 1.807) is 6.08 Å². The van der Waals surface area contributed by atoms with Crippen molar-refractivity contribution in [3.63, 3.8) is 0 Å². The molecule has 0 spiro atoms. The lowest BCUT2D eigenvalue weighted by Crippen LogP contribution is -2.66.